The molecule has 4 nitrogen and oxygen atoms in total. The molecule has 0 radical (unpaired) electrons. The third-order valence-corrected chi connectivity index (χ3v) is 2.91. The van der Waals surface area contributed by atoms with Crippen LogP contribution in [0.15, 0.2) is 6.33 Å². The number of hydrogen-bond donors (Lipinski definition) is 2. The molecule has 0 unspecified atom stereocenters. The van der Waals surface area contributed by atoms with E-state index in [1.807, 2.05) is 0 Å². The smallest absolute Gasteiger partial charge is 0.186 e. The molecule has 16 heavy (non-hydrogen) atoms. The predicted molar refractivity (Wildman–Crippen MR) is 60.9 cm³/mol. The Morgan fingerprint density at radius 1 is 1.56 bits per heavy atom. The average molecular weight is 224 g/mol. The van der Waals surface area contributed by atoms with E-state index >= 15 is 0 Å². The van der Waals surface area contributed by atoms with Crippen LogP contribution in [0.1, 0.15) is 25.0 Å². The first-order valence-corrected chi connectivity index (χ1v) is 5.71. The van der Waals surface area contributed by atoms with Crippen LogP contribution in [0.25, 0.3) is 0 Å². The number of aryl methyl sites for hydroxylation is 1. The van der Waals surface area contributed by atoms with Crippen molar-refractivity contribution in [1.29, 1.82) is 0 Å². The molecule has 1 atom stereocenters. The molecule has 1 aromatic heterocycles. The topological polar surface area (TPSA) is 49.8 Å². The second-order valence-electron chi connectivity index (χ2n) is 4.13. The molecule has 2 N–H and O–H groups in total. The van der Waals surface area contributed by atoms with Gasteiger partial charge in [0.05, 0.1) is 5.69 Å². The van der Waals surface area contributed by atoms with Crippen molar-refractivity contribution in [2.75, 3.05) is 18.4 Å². The summed E-state index contributed by atoms with van der Waals surface area (Å²) in [4.78, 5) is 7.67. The number of halogens is 1. The minimum absolute atomic E-state index is 0.311. The number of rotatable bonds is 4. The van der Waals surface area contributed by atoms with Crippen LogP contribution in [0.2, 0.25) is 0 Å². The molecule has 0 amide bonds. The van der Waals surface area contributed by atoms with E-state index in [4.69, 9.17) is 0 Å². The van der Waals surface area contributed by atoms with Gasteiger partial charge in [0.2, 0.25) is 0 Å². The highest BCUT2D eigenvalue weighted by Gasteiger charge is 2.13. The van der Waals surface area contributed by atoms with Gasteiger partial charge in [0.1, 0.15) is 6.33 Å². The summed E-state index contributed by atoms with van der Waals surface area (Å²) in [5.74, 6) is -0.0348. The Morgan fingerprint density at radius 2 is 2.44 bits per heavy atom. The second-order valence-corrected chi connectivity index (χ2v) is 4.13. The molecule has 1 aliphatic heterocycles. The highest BCUT2D eigenvalue weighted by atomic mass is 19.1. The first-order chi connectivity index (χ1) is 7.77. The summed E-state index contributed by atoms with van der Waals surface area (Å²) in [5, 5.41) is 6.42. The quantitative estimate of drug-likeness (QED) is 0.813. The number of aromatic nitrogens is 2. The Kier molecular flexibility index (Phi) is 3.66. The maximum Gasteiger partial charge on any atom is 0.186 e. The molecule has 0 saturated carbocycles. The SMILES string of the molecule is Cc1ncnc(NCC[C@H]2CCCN2)c1F. The van der Waals surface area contributed by atoms with Gasteiger partial charge in [-0.15, -0.1) is 0 Å². The van der Waals surface area contributed by atoms with Gasteiger partial charge in [-0.2, -0.15) is 0 Å². The largest absolute Gasteiger partial charge is 0.367 e. The minimum atomic E-state index is -0.345. The van der Waals surface area contributed by atoms with Gasteiger partial charge in [-0.1, -0.05) is 0 Å². The highest BCUT2D eigenvalue weighted by molar-refractivity contribution is 5.36. The van der Waals surface area contributed by atoms with E-state index in [2.05, 4.69) is 20.6 Å². The molecular formula is C11H17FN4. The molecule has 0 bridgehead atoms. The van der Waals surface area contributed by atoms with Crippen molar-refractivity contribution in [3.05, 3.63) is 17.8 Å². The average Bonchev–Trinajstić information content (AvgIpc) is 2.77. The van der Waals surface area contributed by atoms with Gasteiger partial charge in [-0.25, -0.2) is 14.4 Å². The third kappa shape index (κ3) is 2.66. The molecule has 0 aromatic carbocycles. The normalized spacial score (nSPS) is 20.0. The minimum Gasteiger partial charge on any atom is -0.367 e. The van der Waals surface area contributed by atoms with Gasteiger partial charge in [-0.3, -0.25) is 0 Å². The van der Waals surface area contributed by atoms with Crippen molar-refractivity contribution in [2.45, 2.75) is 32.2 Å². The van der Waals surface area contributed by atoms with Crippen LogP contribution in [0.4, 0.5) is 10.2 Å². The van der Waals surface area contributed by atoms with Gasteiger partial charge in [0.25, 0.3) is 0 Å². The van der Waals surface area contributed by atoms with Crippen molar-refractivity contribution in [3.63, 3.8) is 0 Å². The molecule has 2 rings (SSSR count). The van der Waals surface area contributed by atoms with Gasteiger partial charge < -0.3 is 10.6 Å². The fourth-order valence-corrected chi connectivity index (χ4v) is 1.95. The first-order valence-electron chi connectivity index (χ1n) is 5.71. The van der Waals surface area contributed by atoms with Crippen LogP contribution in [-0.2, 0) is 0 Å². The maximum atomic E-state index is 13.5. The van der Waals surface area contributed by atoms with E-state index in [1.54, 1.807) is 6.92 Å². The van der Waals surface area contributed by atoms with E-state index in [-0.39, 0.29) is 5.82 Å². The summed E-state index contributed by atoms with van der Waals surface area (Å²) in [5.41, 5.74) is 0.386. The molecule has 1 aromatic rings. The molecular weight excluding hydrogens is 207 g/mol. The summed E-state index contributed by atoms with van der Waals surface area (Å²) in [6, 6.07) is 0.568. The summed E-state index contributed by atoms with van der Waals surface area (Å²) >= 11 is 0. The lowest BCUT2D eigenvalue weighted by atomic mass is 10.1. The Bertz CT molecular complexity index is 350. The molecule has 5 heteroatoms. The summed E-state index contributed by atoms with van der Waals surface area (Å²) in [6.45, 7) is 3.48. The Balaban J connectivity index is 1.82. The Hall–Kier alpha value is -1.23. The van der Waals surface area contributed by atoms with E-state index in [0.29, 0.717) is 17.6 Å². The van der Waals surface area contributed by atoms with Crippen molar-refractivity contribution in [2.24, 2.45) is 0 Å². The Morgan fingerprint density at radius 3 is 3.19 bits per heavy atom. The highest BCUT2D eigenvalue weighted by Crippen LogP contribution is 2.13. The van der Waals surface area contributed by atoms with Crippen molar-refractivity contribution < 1.29 is 4.39 Å². The standard InChI is InChI=1S/C11H17FN4/c1-8-10(12)11(16-7-15-8)14-6-4-9-3-2-5-13-9/h7,9,13H,2-6H2,1H3,(H,14,15,16)/t9-/m1/s1. The van der Waals surface area contributed by atoms with E-state index in [9.17, 15) is 4.39 Å². The van der Waals surface area contributed by atoms with E-state index in [1.165, 1.54) is 19.2 Å². The zero-order valence-corrected chi connectivity index (χ0v) is 9.46. The van der Waals surface area contributed by atoms with E-state index < -0.39 is 0 Å². The van der Waals surface area contributed by atoms with Crippen LogP contribution in [-0.4, -0.2) is 29.1 Å². The van der Waals surface area contributed by atoms with Crippen LogP contribution >= 0.6 is 0 Å². The van der Waals surface area contributed by atoms with Crippen molar-refractivity contribution in [1.82, 2.24) is 15.3 Å². The summed E-state index contributed by atoms with van der Waals surface area (Å²) in [6.07, 6.45) is 4.84. The van der Waals surface area contributed by atoms with Crippen LogP contribution in [0.5, 0.6) is 0 Å². The molecule has 88 valence electrons. The van der Waals surface area contributed by atoms with Gasteiger partial charge in [-0.05, 0) is 32.7 Å². The van der Waals surface area contributed by atoms with Gasteiger partial charge in [0.15, 0.2) is 11.6 Å². The second kappa shape index (κ2) is 5.21. The zero-order valence-electron chi connectivity index (χ0n) is 9.46. The lowest BCUT2D eigenvalue weighted by Crippen LogP contribution is -2.24. The number of nitrogens with one attached hydrogen (secondary N) is 2. The number of anilines is 1. The lowest BCUT2D eigenvalue weighted by molar-refractivity contribution is 0.568. The van der Waals surface area contributed by atoms with Crippen LogP contribution in [0, 0.1) is 12.7 Å². The summed E-state index contributed by atoms with van der Waals surface area (Å²) in [7, 11) is 0. The fraction of sp³-hybridized carbons (Fsp3) is 0.636. The molecule has 1 aliphatic rings. The number of nitrogens with zero attached hydrogens (tertiary/aromatic N) is 2. The van der Waals surface area contributed by atoms with Crippen molar-refractivity contribution >= 4 is 5.82 Å². The Labute approximate surface area is 94.7 Å². The van der Waals surface area contributed by atoms with Crippen LogP contribution in [0.3, 0.4) is 0 Å². The van der Waals surface area contributed by atoms with Gasteiger partial charge >= 0.3 is 0 Å². The molecule has 1 saturated heterocycles. The first kappa shape index (κ1) is 11.3. The number of hydrogen-bond acceptors (Lipinski definition) is 4. The zero-order chi connectivity index (χ0) is 11.4. The van der Waals surface area contributed by atoms with Crippen molar-refractivity contribution in [3.8, 4) is 0 Å². The maximum absolute atomic E-state index is 13.5. The molecule has 1 fully saturated rings. The van der Waals surface area contributed by atoms with Gasteiger partial charge in [0, 0.05) is 12.6 Å². The van der Waals surface area contributed by atoms with Crippen LogP contribution < -0.4 is 10.6 Å². The monoisotopic (exact) mass is 224 g/mol. The lowest BCUT2D eigenvalue weighted by Gasteiger charge is -2.11. The molecule has 0 spiro atoms. The summed E-state index contributed by atoms with van der Waals surface area (Å²) < 4.78 is 13.5. The molecule has 2 heterocycles. The third-order valence-electron chi connectivity index (χ3n) is 2.91. The fourth-order valence-electron chi connectivity index (χ4n) is 1.95. The van der Waals surface area contributed by atoms with E-state index in [0.717, 1.165) is 19.5 Å². The predicted octanol–water partition coefficient (Wildman–Crippen LogP) is 1.48. The molecule has 0 aliphatic carbocycles.